The number of rotatable bonds is 5. The molecule has 0 aliphatic carbocycles. The number of para-hydroxylation sites is 1. The van der Waals surface area contributed by atoms with Crippen LogP contribution in [0.2, 0.25) is 0 Å². The number of benzene rings is 3. The summed E-state index contributed by atoms with van der Waals surface area (Å²) in [6, 6.07) is 21.7. The van der Waals surface area contributed by atoms with Crippen LogP contribution in [-0.4, -0.2) is 11.0 Å². The lowest BCUT2D eigenvalue weighted by Crippen LogP contribution is -2.19. The summed E-state index contributed by atoms with van der Waals surface area (Å²) in [7, 11) is 0. The summed E-state index contributed by atoms with van der Waals surface area (Å²) in [5.74, 6) is -0.512. The Hall–Kier alpha value is -4.03. The number of fused-ring (bicyclic) bond motifs is 2. The van der Waals surface area contributed by atoms with Crippen molar-refractivity contribution in [3.05, 3.63) is 113 Å². The normalized spacial score (nSPS) is 15.2. The molecule has 2 heterocycles. The van der Waals surface area contributed by atoms with Crippen LogP contribution < -0.4 is 4.74 Å². The highest BCUT2D eigenvalue weighted by atomic mass is 19.1. The van der Waals surface area contributed by atoms with Gasteiger partial charge in [0.25, 0.3) is 0 Å². The smallest absolute Gasteiger partial charge is 0.331 e. The zero-order valence-corrected chi connectivity index (χ0v) is 17.6. The van der Waals surface area contributed by atoms with Gasteiger partial charge in [-0.1, -0.05) is 54.6 Å². The maximum Gasteiger partial charge on any atom is 0.331 e. The van der Waals surface area contributed by atoms with E-state index < -0.39 is 18.1 Å². The summed E-state index contributed by atoms with van der Waals surface area (Å²) in [6.45, 7) is 0.0696. The number of halogens is 1. The van der Waals surface area contributed by atoms with Crippen LogP contribution in [0.5, 0.6) is 5.75 Å². The Bertz CT molecular complexity index is 1330. The molecule has 1 unspecified atom stereocenters. The van der Waals surface area contributed by atoms with Gasteiger partial charge >= 0.3 is 5.97 Å². The maximum atomic E-state index is 14.1. The highest BCUT2D eigenvalue weighted by Gasteiger charge is 2.25. The lowest BCUT2D eigenvalue weighted by molar-refractivity contribution is -0.139. The molecule has 164 valence electrons. The van der Waals surface area contributed by atoms with Gasteiger partial charge in [0.1, 0.15) is 18.2 Å². The fourth-order valence-corrected chi connectivity index (χ4v) is 3.78. The van der Waals surface area contributed by atoms with Gasteiger partial charge in [0.2, 0.25) is 6.29 Å². The number of carbonyl (C=O) groups is 1. The third-order valence-electron chi connectivity index (χ3n) is 5.33. The van der Waals surface area contributed by atoms with Crippen LogP contribution in [0.25, 0.3) is 17.0 Å². The number of carbonyl (C=O) groups excluding carboxylic acids is 1. The summed E-state index contributed by atoms with van der Waals surface area (Å²) in [4.78, 5) is 16.7. The Morgan fingerprint density at radius 3 is 2.82 bits per heavy atom. The number of esters is 1. The van der Waals surface area contributed by atoms with Gasteiger partial charge in [0.15, 0.2) is 0 Å². The number of nitrogens with zero attached hydrogens (tertiary/aromatic N) is 1. The molecule has 5 rings (SSSR count). The van der Waals surface area contributed by atoms with Crippen molar-refractivity contribution in [3.8, 4) is 5.75 Å². The van der Waals surface area contributed by atoms with E-state index in [1.807, 2.05) is 60.7 Å². The minimum Gasteiger partial charge on any atom is -0.460 e. The van der Waals surface area contributed by atoms with Crippen molar-refractivity contribution in [2.24, 2.45) is 0 Å². The zero-order chi connectivity index (χ0) is 22.6. The standard InChI is InChI=1S/C27H20FNO4/c28-23-14-21(26-22(15-23)17-32-27(33-26)20-6-2-1-3-7-20)16-31-24(30)12-11-19-9-4-8-18-10-5-13-29-25(18)19/h1-15,27H,16-17H2/b12-11+. The molecule has 0 amide bonds. The second kappa shape index (κ2) is 9.22. The van der Waals surface area contributed by atoms with Gasteiger partial charge in [-0.3, -0.25) is 4.98 Å². The topological polar surface area (TPSA) is 57.7 Å². The number of aromatic nitrogens is 1. The third kappa shape index (κ3) is 4.61. The van der Waals surface area contributed by atoms with E-state index in [1.54, 1.807) is 12.3 Å². The summed E-state index contributed by atoms with van der Waals surface area (Å²) >= 11 is 0. The van der Waals surface area contributed by atoms with Gasteiger partial charge in [0, 0.05) is 39.9 Å². The molecule has 0 N–H and O–H groups in total. The Kier molecular flexibility index (Phi) is 5.83. The van der Waals surface area contributed by atoms with Crippen LogP contribution in [0.4, 0.5) is 4.39 Å². The lowest BCUT2D eigenvalue weighted by atomic mass is 10.1. The van der Waals surface area contributed by atoms with Gasteiger partial charge in [-0.2, -0.15) is 0 Å². The van der Waals surface area contributed by atoms with Gasteiger partial charge in [-0.15, -0.1) is 0 Å². The first kappa shape index (κ1) is 20.8. The van der Waals surface area contributed by atoms with E-state index in [4.69, 9.17) is 14.2 Å². The zero-order valence-electron chi connectivity index (χ0n) is 17.6. The van der Waals surface area contributed by atoms with Crippen molar-refractivity contribution in [3.63, 3.8) is 0 Å². The molecule has 33 heavy (non-hydrogen) atoms. The van der Waals surface area contributed by atoms with Crippen molar-refractivity contribution >= 4 is 22.9 Å². The van der Waals surface area contributed by atoms with E-state index in [9.17, 15) is 9.18 Å². The summed E-state index contributed by atoms with van der Waals surface area (Å²) in [5, 5.41) is 0.978. The molecule has 1 aromatic heterocycles. The van der Waals surface area contributed by atoms with Crippen molar-refractivity contribution in [1.29, 1.82) is 0 Å². The molecule has 6 heteroatoms. The quantitative estimate of drug-likeness (QED) is 0.292. The molecule has 1 atom stereocenters. The van der Waals surface area contributed by atoms with Crippen molar-refractivity contribution in [2.75, 3.05) is 0 Å². The second-order valence-electron chi connectivity index (χ2n) is 7.59. The molecule has 4 aromatic rings. The fourth-order valence-electron chi connectivity index (χ4n) is 3.78. The van der Waals surface area contributed by atoms with Gasteiger partial charge in [0.05, 0.1) is 12.1 Å². The first-order chi connectivity index (χ1) is 16.2. The number of hydrogen-bond acceptors (Lipinski definition) is 5. The molecule has 5 nitrogen and oxygen atoms in total. The van der Waals surface area contributed by atoms with Crippen LogP contribution in [-0.2, 0) is 27.5 Å². The lowest BCUT2D eigenvalue weighted by Gasteiger charge is -2.28. The molecule has 0 saturated carbocycles. The Morgan fingerprint density at radius 1 is 1.09 bits per heavy atom. The van der Waals surface area contributed by atoms with Crippen LogP contribution in [0.1, 0.15) is 28.5 Å². The molecule has 1 aliphatic heterocycles. The van der Waals surface area contributed by atoms with Crippen molar-refractivity contribution in [1.82, 2.24) is 4.98 Å². The summed E-state index contributed by atoms with van der Waals surface area (Å²) in [5.41, 5.74) is 3.47. The monoisotopic (exact) mass is 441 g/mol. The van der Waals surface area contributed by atoms with Crippen molar-refractivity contribution in [2.45, 2.75) is 19.5 Å². The van der Waals surface area contributed by atoms with E-state index in [0.717, 1.165) is 22.0 Å². The van der Waals surface area contributed by atoms with E-state index in [0.29, 0.717) is 16.9 Å². The highest BCUT2D eigenvalue weighted by Crippen LogP contribution is 2.36. The molecule has 0 radical (unpaired) electrons. The third-order valence-corrected chi connectivity index (χ3v) is 5.33. The number of pyridine rings is 1. The predicted molar refractivity (Wildman–Crippen MR) is 122 cm³/mol. The highest BCUT2D eigenvalue weighted by molar-refractivity contribution is 5.92. The largest absolute Gasteiger partial charge is 0.460 e. The minimum atomic E-state index is -0.614. The average Bonchev–Trinajstić information content (AvgIpc) is 2.86. The Morgan fingerprint density at radius 2 is 1.94 bits per heavy atom. The molecule has 0 saturated heterocycles. The molecular formula is C27H20FNO4. The van der Waals surface area contributed by atoms with Crippen LogP contribution in [0.15, 0.2) is 85.1 Å². The summed E-state index contributed by atoms with van der Waals surface area (Å²) < 4.78 is 31.3. The van der Waals surface area contributed by atoms with Gasteiger partial charge in [-0.25, -0.2) is 9.18 Å². The predicted octanol–water partition coefficient (Wildman–Crippen LogP) is 5.74. The molecule has 1 aliphatic rings. The number of hydrogen-bond donors (Lipinski definition) is 0. The van der Waals surface area contributed by atoms with Crippen LogP contribution >= 0.6 is 0 Å². The van der Waals surface area contributed by atoms with Gasteiger partial charge in [-0.05, 0) is 24.3 Å². The Labute approximate surface area is 190 Å². The second-order valence-corrected chi connectivity index (χ2v) is 7.59. The summed E-state index contributed by atoms with van der Waals surface area (Å²) in [6.07, 6.45) is 4.09. The minimum absolute atomic E-state index is 0.126. The SMILES string of the molecule is O=C(/C=C/c1cccc2cccnc12)OCc1cc(F)cc2c1OC(c1ccccc1)OC2. The van der Waals surface area contributed by atoms with Gasteiger partial charge < -0.3 is 14.2 Å². The number of ether oxygens (including phenoxy) is 3. The molecule has 0 spiro atoms. The molecule has 0 fully saturated rings. The first-order valence-corrected chi connectivity index (χ1v) is 10.5. The van der Waals surface area contributed by atoms with E-state index in [2.05, 4.69) is 4.98 Å². The first-order valence-electron chi connectivity index (χ1n) is 10.5. The van der Waals surface area contributed by atoms with Crippen molar-refractivity contribution < 1.29 is 23.4 Å². The fraction of sp³-hybridized carbons (Fsp3) is 0.111. The van der Waals surface area contributed by atoms with E-state index in [-0.39, 0.29) is 13.2 Å². The molecule has 0 bridgehead atoms. The van der Waals surface area contributed by atoms with E-state index >= 15 is 0 Å². The van der Waals surface area contributed by atoms with Crippen LogP contribution in [0, 0.1) is 5.82 Å². The Balaban J connectivity index is 1.31. The van der Waals surface area contributed by atoms with E-state index in [1.165, 1.54) is 18.2 Å². The maximum absolute atomic E-state index is 14.1. The molecule has 3 aromatic carbocycles. The molecular weight excluding hydrogens is 421 g/mol. The van der Waals surface area contributed by atoms with Crippen LogP contribution in [0.3, 0.4) is 0 Å². The average molecular weight is 441 g/mol.